The molecule has 2 aliphatic rings. The number of fused-ring (bicyclic) bond motifs is 2. The normalized spacial score (nSPS) is 20.7. The molecule has 2 fully saturated rings. The van der Waals surface area contributed by atoms with Crippen LogP contribution in [-0.2, 0) is 14.3 Å². The van der Waals surface area contributed by atoms with Gasteiger partial charge in [-0.25, -0.2) is 9.78 Å². The van der Waals surface area contributed by atoms with E-state index in [0.717, 1.165) is 30.4 Å². The third-order valence-electron chi connectivity index (χ3n) is 8.78. The molecule has 1 aliphatic carbocycles. The second kappa shape index (κ2) is 11.2. The van der Waals surface area contributed by atoms with E-state index in [2.05, 4.69) is 6.92 Å². The number of rotatable bonds is 6. The average molecular weight is 575 g/mol. The van der Waals surface area contributed by atoms with Crippen molar-refractivity contribution in [3.05, 3.63) is 95.1 Å². The number of benzene rings is 3. The SMILES string of the molecule is Cc1ccc(C(=O)[C@@H](C)OC(=O)c2cc(-c3ccc(N4C(=O)[C@H]5C[C@H](C)CC[C@H]5C4=O)cc3)nc3ccc(C)cc23)cc1. The van der Waals surface area contributed by atoms with Crippen LogP contribution in [0.15, 0.2) is 72.8 Å². The molecule has 7 nitrogen and oxygen atoms in total. The minimum atomic E-state index is -0.979. The van der Waals surface area contributed by atoms with Crippen molar-refractivity contribution in [3.8, 4) is 11.3 Å². The first kappa shape index (κ1) is 28.5. The fraction of sp³-hybridized carbons (Fsp3) is 0.306. The second-order valence-corrected chi connectivity index (χ2v) is 12.0. The molecule has 2 amide bonds. The van der Waals surface area contributed by atoms with E-state index in [1.807, 2.05) is 56.3 Å². The van der Waals surface area contributed by atoms with Crippen molar-refractivity contribution >= 4 is 40.2 Å². The lowest BCUT2D eigenvalue weighted by Gasteiger charge is -2.25. The number of amides is 2. The molecule has 3 aromatic carbocycles. The third-order valence-corrected chi connectivity index (χ3v) is 8.78. The quantitative estimate of drug-likeness (QED) is 0.142. The van der Waals surface area contributed by atoms with Crippen LogP contribution in [0.25, 0.3) is 22.2 Å². The number of ketones is 1. The van der Waals surface area contributed by atoms with Crippen LogP contribution in [-0.4, -0.2) is 34.7 Å². The number of aryl methyl sites for hydroxylation is 2. The number of anilines is 1. The topological polar surface area (TPSA) is 93.6 Å². The smallest absolute Gasteiger partial charge is 0.339 e. The van der Waals surface area contributed by atoms with Crippen LogP contribution in [0.2, 0.25) is 0 Å². The van der Waals surface area contributed by atoms with Gasteiger partial charge in [-0.3, -0.25) is 19.3 Å². The Bertz CT molecular complexity index is 1760. The minimum absolute atomic E-state index is 0.117. The lowest BCUT2D eigenvalue weighted by Crippen LogP contribution is -2.30. The van der Waals surface area contributed by atoms with Crippen LogP contribution in [0.1, 0.15) is 65.0 Å². The van der Waals surface area contributed by atoms with Gasteiger partial charge in [-0.15, -0.1) is 0 Å². The van der Waals surface area contributed by atoms with Gasteiger partial charge in [0.05, 0.1) is 34.3 Å². The van der Waals surface area contributed by atoms with Gasteiger partial charge in [-0.2, -0.15) is 0 Å². The molecule has 0 bridgehead atoms. The number of esters is 1. The zero-order valence-corrected chi connectivity index (χ0v) is 24.8. The number of hydrogen-bond acceptors (Lipinski definition) is 6. The Kier molecular flexibility index (Phi) is 7.42. The number of hydrogen-bond donors (Lipinski definition) is 0. The molecule has 0 N–H and O–H groups in total. The molecular weight excluding hydrogens is 540 g/mol. The van der Waals surface area contributed by atoms with Crippen LogP contribution in [0.4, 0.5) is 5.69 Å². The van der Waals surface area contributed by atoms with Crippen molar-refractivity contribution < 1.29 is 23.9 Å². The summed E-state index contributed by atoms with van der Waals surface area (Å²) in [6.45, 7) is 7.58. The molecule has 1 saturated carbocycles. The average Bonchev–Trinajstić information content (AvgIpc) is 3.25. The predicted molar refractivity (Wildman–Crippen MR) is 165 cm³/mol. The van der Waals surface area contributed by atoms with Crippen LogP contribution in [0.3, 0.4) is 0 Å². The largest absolute Gasteiger partial charge is 0.451 e. The van der Waals surface area contributed by atoms with Gasteiger partial charge in [-0.05, 0) is 76.3 Å². The maximum atomic E-state index is 13.5. The summed E-state index contributed by atoms with van der Waals surface area (Å²) in [6, 6.07) is 21.6. The molecule has 7 heteroatoms. The Morgan fingerprint density at radius 2 is 1.53 bits per heavy atom. The van der Waals surface area contributed by atoms with E-state index in [4.69, 9.17) is 9.72 Å². The van der Waals surface area contributed by atoms with Crippen molar-refractivity contribution in [1.82, 2.24) is 4.98 Å². The van der Waals surface area contributed by atoms with Crippen LogP contribution >= 0.6 is 0 Å². The van der Waals surface area contributed by atoms with Crippen LogP contribution in [0, 0.1) is 31.6 Å². The maximum Gasteiger partial charge on any atom is 0.339 e. The molecule has 0 spiro atoms. The first-order valence-electron chi connectivity index (χ1n) is 14.8. The molecule has 1 aromatic heterocycles. The van der Waals surface area contributed by atoms with Gasteiger partial charge < -0.3 is 4.74 Å². The van der Waals surface area contributed by atoms with Gasteiger partial charge in [0.1, 0.15) is 0 Å². The van der Waals surface area contributed by atoms with E-state index >= 15 is 0 Å². The fourth-order valence-corrected chi connectivity index (χ4v) is 6.31. The number of Topliss-reactive ketones (excluding diaryl/α,β-unsaturated/α-hetero) is 1. The lowest BCUT2D eigenvalue weighted by atomic mass is 9.76. The Balaban J connectivity index is 1.29. The summed E-state index contributed by atoms with van der Waals surface area (Å²) in [5.74, 6) is -1.17. The Labute approximate surface area is 250 Å². The van der Waals surface area contributed by atoms with Gasteiger partial charge in [0.15, 0.2) is 6.10 Å². The summed E-state index contributed by atoms with van der Waals surface area (Å²) in [5.41, 5.74) is 5.18. The third kappa shape index (κ3) is 5.36. The number of imide groups is 1. The monoisotopic (exact) mass is 574 g/mol. The molecule has 4 atom stereocenters. The lowest BCUT2D eigenvalue weighted by molar-refractivity contribution is -0.122. The Morgan fingerprint density at radius 1 is 0.860 bits per heavy atom. The highest BCUT2D eigenvalue weighted by Gasteiger charge is 2.49. The van der Waals surface area contributed by atoms with E-state index in [9.17, 15) is 19.2 Å². The fourth-order valence-electron chi connectivity index (χ4n) is 6.31. The molecule has 1 aliphatic heterocycles. The first-order chi connectivity index (χ1) is 20.6. The highest BCUT2D eigenvalue weighted by molar-refractivity contribution is 6.22. The van der Waals surface area contributed by atoms with Crippen molar-refractivity contribution in [2.45, 2.75) is 53.1 Å². The number of carbonyl (C=O) groups is 4. The highest BCUT2D eigenvalue weighted by Crippen LogP contribution is 2.42. The van der Waals surface area contributed by atoms with E-state index < -0.39 is 12.1 Å². The number of nitrogens with zero attached hydrogens (tertiary/aromatic N) is 2. The molecule has 43 heavy (non-hydrogen) atoms. The highest BCUT2D eigenvalue weighted by atomic mass is 16.5. The van der Waals surface area contributed by atoms with Crippen LogP contribution in [0.5, 0.6) is 0 Å². The van der Waals surface area contributed by atoms with E-state index in [1.54, 1.807) is 37.3 Å². The molecule has 1 saturated heterocycles. The molecule has 0 unspecified atom stereocenters. The van der Waals surface area contributed by atoms with Crippen LogP contribution < -0.4 is 4.90 Å². The number of carbonyl (C=O) groups excluding carboxylic acids is 4. The van der Waals surface area contributed by atoms with E-state index in [1.165, 1.54) is 4.90 Å². The van der Waals surface area contributed by atoms with Crippen molar-refractivity contribution in [3.63, 3.8) is 0 Å². The maximum absolute atomic E-state index is 13.5. The number of pyridine rings is 1. The zero-order valence-electron chi connectivity index (χ0n) is 24.8. The molecule has 4 aromatic rings. The number of ether oxygens (including phenoxy) is 1. The summed E-state index contributed by atoms with van der Waals surface area (Å²) < 4.78 is 5.69. The van der Waals surface area contributed by atoms with E-state index in [-0.39, 0.29) is 29.4 Å². The van der Waals surface area contributed by atoms with Gasteiger partial charge in [0.2, 0.25) is 17.6 Å². The Morgan fingerprint density at radius 3 is 2.26 bits per heavy atom. The Hall–Kier alpha value is -4.65. The second-order valence-electron chi connectivity index (χ2n) is 12.0. The molecule has 2 heterocycles. The summed E-state index contributed by atoms with van der Waals surface area (Å²) in [7, 11) is 0. The summed E-state index contributed by atoms with van der Waals surface area (Å²) in [5, 5.41) is 0.630. The zero-order chi connectivity index (χ0) is 30.4. The van der Waals surface area contributed by atoms with E-state index in [0.29, 0.717) is 44.9 Å². The van der Waals surface area contributed by atoms with Crippen molar-refractivity contribution in [2.75, 3.05) is 4.90 Å². The van der Waals surface area contributed by atoms with Gasteiger partial charge in [0, 0.05) is 16.5 Å². The first-order valence-corrected chi connectivity index (χ1v) is 14.8. The van der Waals surface area contributed by atoms with Crippen molar-refractivity contribution in [1.29, 1.82) is 0 Å². The summed E-state index contributed by atoms with van der Waals surface area (Å²) in [6.07, 6.45) is 1.48. The predicted octanol–water partition coefficient (Wildman–Crippen LogP) is 6.87. The summed E-state index contributed by atoms with van der Waals surface area (Å²) >= 11 is 0. The van der Waals surface area contributed by atoms with Gasteiger partial charge >= 0.3 is 5.97 Å². The standard InChI is InChI=1S/C36H34N2O5/c1-20-5-9-25(10-6-20)33(39)23(4)43-36(42)30-19-32(37-31-16-8-22(3)17-28(30)31)24-11-13-26(14-12-24)38-34(40)27-15-7-21(2)18-29(27)35(38)41/h5-6,8-14,16-17,19,21,23,27,29H,7,15,18H2,1-4H3/t21-,23-,27-,29+/m1/s1. The van der Waals surface area contributed by atoms with Gasteiger partial charge in [0.25, 0.3) is 0 Å². The van der Waals surface area contributed by atoms with Crippen molar-refractivity contribution in [2.24, 2.45) is 17.8 Å². The molecular formula is C36H34N2O5. The summed E-state index contributed by atoms with van der Waals surface area (Å²) in [4.78, 5) is 59.0. The van der Waals surface area contributed by atoms with Gasteiger partial charge in [-0.1, -0.05) is 60.5 Å². The molecule has 6 rings (SSSR count). The molecule has 218 valence electrons. The number of aromatic nitrogens is 1. The molecule has 0 radical (unpaired) electrons. The minimum Gasteiger partial charge on any atom is -0.451 e.